The van der Waals surface area contributed by atoms with Crippen LogP contribution in [0.5, 0.6) is 0 Å². The Balaban J connectivity index is 2.10. The minimum Gasteiger partial charge on any atom is -0.391 e. The number of nitrogens with one attached hydrogen (secondary N) is 1. The first-order valence-corrected chi connectivity index (χ1v) is 7.53. The highest BCUT2D eigenvalue weighted by molar-refractivity contribution is 7.13. The predicted octanol–water partition coefficient (Wildman–Crippen LogP) is 2.04. The maximum atomic E-state index is 12.2. The van der Waals surface area contributed by atoms with Gasteiger partial charge in [0.2, 0.25) is 0 Å². The van der Waals surface area contributed by atoms with Gasteiger partial charge in [0.05, 0.1) is 16.5 Å². The van der Waals surface area contributed by atoms with Gasteiger partial charge in [-0.2, -0.15) is 5.10 Å². The minimum atomic E-state index is -0.495. The van der Waals surface area contributed by atoms with Crippen LogP contribution in [0, 0.1) is 0 Å². The molecule has 0 spiro atoms. The third-order valence-electron chi connectivity index (χ3n) is 2.95. The number of aryl methyl sites for hydroxylation is 1. The standard InChI is InChI=1S/C14H19N3O2S/c1-3-5-10(18)8-15-14(19)11-9-17(2)16-13(11)12-6-4-7-20-12/h4,6-7,9-10,18H,3,5,8H2,1-2H3,(H,15,19). The average molecular weight is 293 g/mol. The fraction of sp³-hybridized carbons (Fsp3) is 0.429. The van der Waals surface area contributed by atoms with Gasteiger partial charge in [-0.1, -0.05) is 19.4 Å². The number of hydrogen-bond donors (Lipinski definition) is 2. The molecule has 2 rings (SSSR count). The van der Waals surface area contributed by atoms with Crippen LogP contribution in [-0.2, 0) is 7.05 Å². The van der Waals surface area contributed by atoms with Gasteiger partial charge in [0.1, 0.15) is 5.69 Å². The molecule has 0 aliphatic heterocycles. The van der Waals surface area contributed by atoms with E-state index in [2.05, 4.69) is 10.4 Å². The fourth-order valence-electron chi connectivity index (χ4n) is 1.99. The summed E-state index contributed by atoms with van der Waals surface area (Å²) in [5, 5.41) is 18.7. The quantitative estimate of drug-likeness (QED) is 0.856. The monoisotopic (exact) mass is 293 g/mol. The highest BCUT2D eigenvalue weighted by Gasteiger charge is 2.18. The van der Waals surface area contributed by atoms with Gasteiger partial charge < -0.3 is 10.4 Å². The molecule has 108 valence electrons. The van der Waals surface area contributed by atoms with Gasteiger partial charge >= 0.3 is 0 Å². The summed E-state index contributed by atoms with van der Waals surface area (Å²) in [6.45, 7) is 2.27. The second-order valence-corrected chi connectivity index (χ2v) is 5.64. The molecule has 0 saturated carbocycles. The van der Waals surface area contributed by atoms with Crippen molar-refractivity contribution in [3.8, 4) is 10.6 Å². The molecule has 20 heavy (non-hydrogen) atoms. The van der Waals surface area contributed by atoms with Crippen LogP contribution < -0.4 is 5.32 Å². The van der Waals surface area contributed by atoms with Gasteiger partial charge in [0, 0.05) is 19.8 Å². The Labute approximate surface area is 122 Å². The summed E-state index contributed by atoms with van der Waals surface area (Å²) < 4.78 is 1.63. The summed E-state index contributed by atoms with van der Waals surface area (Å²) in [6, 6.07) is 3.87. The van der Waals surface area contributed by atoms with E-state index in [1.165, 1.54) is 0 Å². The molecule has 0 saturated heterocycles. The van der Waals surface area contributed by atoms with E-state index in [0.717, 1.165) is 11.3 Å². The molecule has 0 fully saturated rings. The Hall–Kier alpha value is -1.66. The summed E-state index contributed by atoms with van der Waals surface area (Å²) in [4.78, 5) is 13.2. The van der Waals surface area contributed by atoms with E-state index < -0.39 is 6.10 Å². The fourth-order valence-corrected chi connectivity index (χ4v) is 2.71. The van der Waals surface area contributed by atoms with Gasteiger partial charge in [-0.3, -0.25) is 9.48 Å². The number of hydrogen-bond acceptors (Lipinski definition) is 4. The maximum absolute atomic E-state index is 12.2. The van der Waals surface area contributed by atoms with Crippen molar-refractivity contribution in [2.24, 2.45) is 7.05 Å². The number of amides is 1. The molecule has 2 aromatic rings. The zero-order valence-corrected chi connectivity index (χ0v) is 12.5. The molecule has 2 aromatic heterocycles. The van der Waals surface area contributed by atoms with Crippen molar-refractivity contribution in [2.75, 3.05) is 6.54 Å². The maximum Gasteiger partial charge on any atom is 0.255 e. The van der Waals surface area contributed by atoms with E-state index in [4.69, 9.17) is 0 Å². The van der Waals surface area contributed by atoms with Crippen molar-refractivity contribution in [2.45, 2.75) is 25.9 Å². The lowest BCUT2D eigenvalue weighted by molar-refractivity contribution is 0.0910. The highest BCUT2D eigenvalue weighted by Crippen LogP contribution is 2.26. The lowest BCUT2D eigenvalue weighted by Gasteiger charge is -2.10. The Kier molecular flexibility index (Phi) is 4.92. The van der Waals surface area contributed by atoms with E-state index in [0.29, 0.717) is 17.7 Å². The van der Waals surface area contributed by atoms with Gasteiger partial charge in [-0.15, -0.1) is 11.3 Å². The number of nitrogens with zero attached hydrogens (tertiary/aromatic N) is 2. The number of aliphatic hydroxyl groups is 1. The molecule has 1 amide bonds. The van der Waals surface area contributed by atoms with Crippen LogP contribution in [0.25, 0.3) is 10.6 Å². The largest absolute Gasteiger partial charge is 0.391 e. The Morgan fingerprint density at radius 2 is 2.40 bits per heavy atom. The number of carbonyl (C=O) groups is 1. The number of carbonyl (C=O) groups excluding carboxylic acids is 1. The number of thiophene rings is 1. The molecule has 5 nitrogen and oxygen atoms in total. The van der Waals surface area contributed by atoms with Crippen LogP contribution in [0.4, 0.5) is 0 Å². The molecule has 0 aliphatic rings. The zero-order valence-electron chi connectivity index (χ0n) is 11.7. The molecule has 1 atom stereocenters. The van der Waals surface area contributed by atoms with E-state index in [-0.39, 0.29) is 12.5 Å². The van der Waals surface area contributed by atoms with Gasteiger partial charge in [-0.25, -0.2) is 0 Å². The third kappa shape index (κ3) is 3.46. The summed E-state index contributed by atoms with van der Waals surface area (Å²) in [5.74, 6) is -0.198. The van der Waals surface area contributed by atoms with Crippen LogP contribution in [-0.4, -0.2) is 33.4 Å². The van der Waals surface area contributed by atoms with E-state index in [9.17, 15) is 9.90 Å². The van der Waals surface area contributed by atoms with E-state index in [1.54, 1.807) is 29.3 Å². The van der Waals surface area contributed by atoms with Crippen molar-refractivity contribution >= 4 is 17.2 Å². The molecule has 6 heteroatoms. The molecule has 2 N–H and O–H groups in total. The van der Waals surface area contributed by atoms with Crippen molar-refractivity contribution < 1.29 is 9.90 Å². The van der Waals surface area contributed by atoms with Crippen LogP contribution in [0.15, 0.2) is 23.7 Å². The SMILES string of the molecule is CCCC(O)CNC(=O)c1cn(C)nc1-c1cccs1. The number of rotatable bonds is 6. The average Bonchev–Trinajstić information content (AvgIpc) is 3.04. The molecule has 0 radical (unpaired) electrons. The number of aliphatic hydroxyl groups excluding tert-OH is 1. The second-order valence-electron chi connectivity index (χ2n) is 4.69. The van der Waals surface area contributed by atoms with Gasteiger partial charge in [0.15, 0.2) is 0 Å². The third-order valence-corrected chi connectivity index (χ3v) is 3.82. The molecule has 2 heterocycles. The molecular formula is C14H19N3O2S. The van der Waals surface area contributed by atoms with Crippen LogP contribution >= 0.6 is 11.3 Å². The molecule has 0 aromatic carbocycles. The topological polar surface area (TPSA) is 67.2 Å². The van der Waals surface area contributed by atoms with Crippen LogP contribution in [0.3, 0.4) is 0 Å². The first-order valence-electron chi connectivity index (χ1n) is 6.65. The molecular weight excluding hydrogens is 274 g/mol. The van der Waals surface area contributed by atoms with Gasteiger partial charge in [0.25, 0.3) is 5.91 Å². The Morgan fingerprint density at radius 1 is 1.60 bits per heavy atom. The zero-order chi connectivity index (χ0) is 14.5. The van der Waals surface area contributed by atoms with Crippen molar-refractivity contribution in [3.05, 3.63) is 29.3 Å². The van der Waals surface area contributed by atoms with Crippen molar-refractivity contribution in [1.82, 2.24) is 15.1 Å². The first-order chi connectivity index (χ1) is 9.61. The molecule has 0 bridgehead atoms. The Bertz CT molecular complexity index is 563. The lowest BCUT2D eigenvalue weighted by Crippen LogP contribution is -2.32. The number of aromatic nitrogens is 2. The predicted molar refractivity (Wildman–Crippen MR) is 79.8 cm³/mol. The van der Waals surface area contributed by atoms with E-state index in [1.807, 2.05) is 24.4 Å². The molecule has 1 unspecified atom stereocenters. The lowest BCUT2D eigenvalue weighted by atomic mass is 10.2. The summed E-state index contributed by atoms with van der Waals surface area (Å²) >= 11 is 1.55. The van der Waals surface area contributed by atoms with Crippen LogP contribution in [0.1, 0.15) is 30.1 Å². The summed E-state index contributed by atoms with van der Waals surface area (Å²) in [5.41, 5.74) is 1.23. The van der Waals surface area contributed by atoms with Crippen LogP contribution in [0.2, 0.25) is 0 Å². The van der Waals surface area contributed by atoms with E-state index >= 15 is 0 Å². The van der Waals surface area contributed by atoms with Crippen molar-refractivity contribution in [3.63, 3.8) is 0 Å². The first kappa shape index (κ1) is 14.7. The molecule has 0 aliphatic carbocycles. The van der Waals surface area contributed by atoms with Crippen molar-refractivity contribution in [1.29, 1.82) is 0 Å². The van der Waals surface area contributed by atoms with Gasteiger partial charge in [-0.05, 0) is 17.9 Å². The normalized spacial score (nSPS) is 12.3. The highest BCUT2D eigenvalue weighted by atomic mass is 32.1. The summed E-state index contributed by atoms with van der Waals surface area (Å²) in [6.07, 6.45) is 2.79. The second kappa shape index (κ2) is 6.67. The summed E-state index contributed by atoms with van der Waals surface area (Å²) in [7, 11) is 1.79. The minimum absolute atomic E-state index is 0.198. The smallest absolute Gasteiger partial charge is 0.255 e. The Morgan fingerprint density at radius 3 is 3.05 bits per heavy atom.